The van der Waals surface area contributed by atoms with Crippen molar-refractivity contribution < 1.29 is 13.2 Å². The lowest BCUT2D eigenvalue weighted by Crippen LogP contribution is -2.47. The molecule has 0 spiro atoms. The Morgan fingerprint density at radius 1 is 1.04 bits per heavy atom. The van der Waals surface area contributed by atoms with Crippen molar-refractivity contribution in [3.8, 4) is 0 Å². The van der Waals surface area contributed by atoms with E-state index in [1.54, 1.807) is 19.1 Å². The van der Waals surface area contributed by atoms with Crippen LogP contribution in [0.3, 0.4) is 0 Å². The first-order valence-electron chi connectivity index (χ1n) is 9.60. The molecule has 2 aromatic carbocycles. The van der Waals surface area contributed by atoms with Crippen LogP contribution in [0.1, 0.15) is 47.9 Å². The number of rotatable bonds is 3. The van der Waals surface area contributed by atoms with Crippen molar-refractivity contribution >= 4 is 5.57 Å². The molecule has 0 N–H and O–H groups in total. The zero-order chi connectivity index (χ0) is 19.0. The third-order valence-electron chi connectivity index (χ3n) is 5.89. The molecule has 2 bridgehead atoms. The van der Waals surface area contributed by atoms with Crippen LogP contribution in [0.25, 0.3) is 5.57 Å². The molecule has 2 aliphatic heterocycles. The fourth-order valence-corrected chi connectivity index (χ4v) is 4.55. The molecule has 2 aliphatic rings. The Hall–Kier alpha value is -2.07. The summed E-state index contributed by atoms with van der Waals surface area (Å²) in [6.45, 7) is 2.49. The molecular formula is C23H24F3N. The number of piperidine rings is 1. The largest absolute Gasteiger partial charge is 0.416 e. The standard InChI is InChI=1S/C23H24F3N/c1-16-12-18(10-11-22(16)23(24,25)26)19-13-20-8-5-9-21(14-19)27(20)15-17-6-3-2-4-7-17/h2-4,6-7,10-13,20-21H,5,8-9,14-15H2,1H3. The monoisotopic (exact) mass is 371 g/mol. The van der Waals surface area contributed by atoms with Gasteiger partial charge in [0.1, 0.15) is 0 Å². The SMILES string of the molecule is Cc1cc(C2=CC3CCCC(C2)N3Cc2ccccc2)ccc1C(F)(F)F. The van der Waals surface area contributed by atoms with E-state index in [0.29, 0.717) is 17.6 Å². The summed E-state index contributed by atoms with van der Waals surface area (Å²) in [6.07, 6.45) is 2.41. The molecule has 1 saturated heterocycles. The van der Waals surface area contributed by atoms with E-state index in [1.807, 2.05) is 6.07 Å². The molecule has 2 atom stereocenters. The van der Waals surface area contributed by atoms with E-state index in [4.69, 9.17) is 0 Å². The van der Waals surface area contributed by atoms with Gasteiger partial charge in [0, 0.05) is 18.6 Å². The van der Waals surface area contributed by atoms with E-state index in [9.17, 15) is 13.2 Å². The van der Waals surface area contributed by atoms with E-state index >= 15 is 0 Å². The normalized spacial score (nSPS) is 23.2. The average Bonchev–Trinajstić information content (AvgIpc) is 2.61. The molecule has 27 heavy (non-hydrogen) atoms. The third-order valence-corrected chi connectivity index (χ3v) is 5.89. The molecule has 142 valence electrons. The van der Waals surface area contributed by atoms with Gasteiger partial charge < -0.3 is 0 Å². The first-order valence-corrected chi connectivity index (χ1v) is 9.60. The molecule has 4 heteroatoms. The van der Waals surface area contributed by atoms with Gasteiger partial charge in [0.15, 0.2) is 0 Å². The van der Waals surface area contributed by atoms with Crippen LogP contribution in [-0.4, -0.2) is 17.0 Å². The van der Waals surface area contributed by atoms with Crippen molar-refractivity contribution in [2.75, 3.05) is 0 Å². The van der Waals surface area contributed by atoms with Gasteiger partial charge in [-0.15, -0.1) is 0 Å². The van der Waals surface area contributed by atoms with Gasteiger partial charge in [0.2, 0.25) is 0 Å². The molecule has 4 rings (SSSR count). The lowest BCUT2D eigenvalue weighted by atomic mass is 9.82. The van der Waals surface area contributed by atoms with Gasteiger partial charge in [-0.2, -0.15) is 13.2 Å². The van der Waals surface area contributed by atoms with Crippen molar-refractivity contribution in [1.29, 1.82) is 0 Å². The molecule has 1 fully saturated rings. The summed E-state index contributed by atoms with van der Waals surface area (Å²) in [6, 6.07) is 15.9. The van der Waals surface area contributed by atoms with Gasteiger partial charge in [-0.05, 0) is 54.5 Å². The Kier molecular flexibility index (Phi) is 4.85. The summed E-state index contributed by atoms with van der Waals surface area (Å²) in [5, 5.41) is 0. The predicted molar refractivity (Wildman–Crippen MR) is 102 cm³/mol. The highest BCUT2D eigenvalue weighted by Gasteiger charge is 2.35. The number of alkyl halides is 3. The third kappa shape index (κ3) is 3.81. The fraction of sp³-hybridized carbons (Fsp3) is 0.391. The number of nitrogens with zero attached hydrogens (tertiary/aromatic N) is 1. The zero-order valence-corrected chi connectivity index (χ0v) is 15.5. The molecule has 0 saturated carbocycles. The maximum Gasteiger partial charge on any atom is 0.416 e. The molecular weight excluding hydrogens is 347 g/mol. The average molecular weight is 371 g/mol. The predicted octanol–water partition coefficient (Wildman–Crippen LogP) is 6.22. The van der Waals surface area contributed by atoms with Crippen LogP contribution in [0.5, 0.6) is 0 Å². The van der Waals surface area contributed by atoms with Crippen molar-refractivity contribution in [3.63, 3.8) is 0 Å². The quantitative estimate of drug-likeness (QED) is 0.619. The zero-order valence-electron chi connectivity index (χ0n) is 15.5. The Balaban J connectivity index is 1.60. The number of halogens is 3. The summed E-state index contributed by atoms with van der Waals surface area (Å²) in [4.78, 5) is 2.57. The van der Waals surface area contributed by atoms with E-state index in [-0.39, 0.29) is 0 Å². The van der Waals surface area contributed by atoms with Crippen LogP contribution in [-0.2, 0) is 12.7 Å². The maximum atomic E-state index is 13.0. The fourth-order valence-electron chi connectivity index (χ4n) is 4.55. The van der Waals surface area contributed by atoms with E-state index in [0.717, 1.165) is 31.4 Å². The van der Waals surface area contributed by atoms with Gasteiger partial charge >= 0.3 is 6.18 Å². The topological polar surface area (TPSA) is 3.24 Å². The Morgan fingerprint density at radius 3 is 2.48 bits per heavy atom. The van der Waals surface area contributed by atoms with Crippen molar-refractivity contribution in [3.05, 3.63) is 76.9 Å². The smallest absolute Gasteiger partial charge is 0.289 e. The first kappa shape index (κ1) is 18.3. The van der Waals surface area contributed by atoms with E-state index in [2.05, 4.69) is 35.2 Å². The molecule has 1 nitrogen and oxygen atoms in total. The highest BCUT2D eigenvalue weighted by molar-refractivity contribution is 5.69. The lowest BCUT2D eigenvalue weighted by molar-refractivity contribution is -0.138. The van der Waals surface area contributed by atoms with Crippen LogP contribution in [0.4, 0.5) is 13.2 Å². The molecule has 0 radical (unpaired) electrons. The minimum absolute atomic E-state index is 0.303. The Morgan fingerprint density at radius 2 is 1.81 bits per heavy atom. The molecule has 2 heterocycles. The molecule has 2 aromatic rings. The lowest BCUT2D eigenvalue weighted by Gasteiger charge is -2.45. The van der Waals surface area contributed by atoms with E-state index < -0.39 is 11.7 Å². The van der Waals surface area contributed by atoms with Crippen molar-refractivity contribution in [2.24, 2.45) is 0 Å². The second-order valence-corrected chi connectivity index (χ2v) is 7.73. The highest BCUT2D eigenvalue weighted by Crippen LogP contribution is 2.39. The molecule has 2 unspecified atom stereocenters. The van der Waals surface area contributed by atoms with Gasteiger partial charge in [-0.1, -0.05) is 55.0 Å². The number of aryl methyl sites for hydroxylation is 1. The summed E-state index contributed by atoms with van der Waals surface area (Å²) < 4.78 is 39.1. The number of hydrogen-bond donors (Lipinski definition) is 0. The van der Waals surface area contributed by atoms with Crippen LogP contribution in [0, 0.1) is 6.92 Å². The Bertz CT molecular complexity index is 838. The molecule has 0 aliphatic carbocycles. The second kappa shape index (κ2) is 7.16. The number of fused-ring (bicyclic) bond motifs is 2. The summed E-state index contributed by atoms with van der Waals surface area (Å²) >= 11 is 0. The van der Waals surface area contributed by atoms with Gasteiger partial charge in [0.25, 0.3) is 0 Å². The van der Waals surface area contributed by atoms with Crippen LogP contribution in [0.15, 0.2) is 54.6 Å². The number of benzene rings is 2. The van der Waals surface area contributed by atoms with Gasteiger partial charge in [0.05, 0.1) is 5.56 Å². The minimum Gasteiger partial charge on any atom is -0.289 e. The molecule has 0 amide bonds. The van der Waals surface area contributed by atoms with Crippen LogP contribution < -0.4 is 0 Å². The van der Waals surface area contributed by atoms with Crippen molar-refractivity contribution in [2.45, 2.75) is 57.4 Å². The summed E-state index contributed by atoms with van der Waals surface area (Å²) in [7, 11) is 0. The van der Waals surface area contributed by atoms with Crippen molar-refractivity contribution in [1.82, 2.24) is 4.90 Å². The maximum absolute atomic E-state index is 13.0. The van der Waals surface area contributed by atoms with Gasteiger partial charge in [-0.25, -0.2) is 0 Å². The Labute approximate surface area is 158 Å². The van der Waals surface area contributed by atoms with Crippen LogP contribution >= 0.6 is 0 Å². The summed E-state index contributed by atoms with van der Waals surface area (Å²) in [5.41, 5.74) is 3.23. The van der Waals surface area contributed by atoms with Crippen LogP contribution in [0.2, 0.25) is 0 Å². The minimum atomic E-state index is -4.29. The first-order chi connectivity index (χ1) is 12.9. The highest BCUT2D eigenvalue weighted by atomic mass is 19.4. The summed E-state index contributed by atoms with van der Waals surface area (Å²) in [5.74, 6) is 0. The molecule has 0 aromatic heterocycles. The number of hydrogen-bond acceptors (Lipinski definition) is 1. The van der Waals surface area contributed by atoms with E-state index in [1.165, 1.54) is 23.6 Å². The van der Waals surface area contributed by atoms with Gasteiger partial charge in [-0.3, -0.25) is 4.90 Å². The second-order valence-electron chi connectivity index (χ2n) is 7.73.